The molecule has 72 valence electrons. The number of aromatic nitrogens is 3. The Morgan fingerprint density at radius 2 is 2.36 bits per heavy atom. The first-order valence-corrected chi connectivity index (χ1v) is 4.34. The Morgan fingerprint density at radius 3 is 3.00 bits per heavy atom. The fourth-order valence-electron chi connectivity index (χ4n) is 0.963. The van der Waals surface area contributed by atoms with Crippen LogP contribution in [0.2, 0.25) is 0 Å². The number of alkyl halides is 1. The maximum Gasteiger partial charge on any atom is 0.262 e. The van der Waals surface area contributed by atoms with Crippen molar-refractivity contribution >= 4 is 11.6 Å². The standard InChI is InChI=1S/C8H5ClFN3O/c9-4-6-12-8(14-13-6)5-2-1-3-11-7(5)10/h1-3H,4H2. The normalized spacial score (nSPS) is 10.4. The Bertz CT molecular complexity index is 446. The molecule has 0 radical (unpaired) electrons. The van der Waals surface area contributed by atoms with E-state index in [0.717, 1.165) is 0 Å². The van der Waals surface area contributed by atoms with Crippen LogP contribution in [0.1, 0.15) is 5.82 Å². The minimum absolute atomic E-state index is 0.0891. The largest absolute Gasteiger partial charge is 0.334 e. The van der Waals surface area contributed by atoms with E-state index in [1.807, 2.05) is 0 Å². The van der Waals surface area contributed by atoms with Crippen molar-refractivity contribution in [3.8, 4) is 11.5 Å². The number of nitrogens with zero attached hydrogens (tertiary/aromatic N) is 3. The van der Waals surface area contributed by atoms with E-state index in [0.29, 0.717) is 5.82 Å². The van der Waals surface area contributed by atoms with Gasteiger partial charge in [0.15, 0.2) is 5.82 Å². The molecule has 2 heterocycles. The Balaban J connectivity index is 2.44. The van der Waals surface area contributed by atoms with Gasteiger partial charge in [0, 0.05) is 6.20 Å². The molecule has 0 bridgehead atoms. The predicted molar refractivity (Wildman–Crippen MR) is 47.0 cm³/mol. The van der Waals surface area contributed by atoms with Crippen LogP contribution in [0.5, 0.6) is 0 Å². The molecule has 0 N–H and O–H groups in total. The highest BCUT2D eigenvalue weighted by molar-refractivity contribution is 6.16. The van der Waals surface area contributed by atoms with Crippen LogP contribution in [0.25, 0.3) is 11.5 Å². The zero-order valence-electron chi connectivity index (χ0n) is 6.94. The lowest BCUT2D eigenvalue weighted by Crippen LogP contribution is -1.88. The van der Waals surface area contributed by atoms with Gasteiger partial charge in [-0.05, 0) is 12.1 Å². The molecule has 0 spiro atoms. The van der Waals surface area contributed by atoms with Crippen LogP contribution in [0.15, 0.2) is 22.9 Å². The summed E-state index contributed by atoms with van der Waals surface area (Å²) in [6, 6.07) is 3.09. The summed E-state index contributed by atoms with van der Waals surface area (Å²) in [7, 11) is 0. The molecule has 0 amide bonds. The fraction of sp³-hybridized carbons (Fsp3) is 0.125. The Kier molecular flexibility index (Phi) is 2.41. The lowest BCUT2D eigenvalue weighted by molar-refractivity contribution is 0.421. The second-order valence-corrected chi connectivity index (χ2v) is 2.76. The summed E-state index contributed by atoms with van der Waals surface area (Å²) in [6.07, 6.45) is 1.34. The Morgan fingerprint density at radius 1 is 1.50 bits per heavy atom. The number of rotatable bonds is 2. The lowest BCUT2D eigenvalue weighted by Gasteiger charge is -1.93. The van der Waals surface area contributed by atoms with Gasteiger partial charge in [0.2, 0.25) is 5.95 Å². The molecule has 0 aliphatic heterocycles. The second kappa shape index (κ2) is 3.71. The molecule has 4 nitrogen and oxygen atoms in total. The molecular weight excluding hydrogens is 209 g/mol. The number of hydrogen-bond acceptors (Lipinski definition) is 4. The van der Waals surface area contributed by atoms with Crippen molar-refractivity contribution in [2.24, 2.45) is 0 Å². The molecule has 0 atom stereocenters. The van der Waals surface area contributed by atoms with Gasteiger partial charge in [0.05, 0.1) is 11.4 Å². The number of pyridine rings is 1. The molecule has 2 aromatic rings. The van der Waals surface area contributed by atoms with Crippen molar-refractivity contribution in [1.82, 2.24) is 15.1 Å². The van der Waals surface area contributed by atoms with Gasteiger partial charge in [0.25, 0.3) is 5.89 Å². The van der Waals surface area contributed by atoms with Gasteiger partial charge >= 0.3 is 0 Å². The SMILES string of the molecule is Fc1ncccc1-c1nc(CCl)no1. The van der Waals surface area contributed by atoms with Crippen LogP contribution in [0, 0.1) is 5.95 Å². The van der Waals surface area contributed by atoms with Crippen molar-refractivity contribution < 1.29 is 8.91 Å². The maximum absolute atomic E-state index is 13.1. The van der Waals surface area contributed by atoms with Gasteiger partial charge < -0.3 is 4.52 Å². The first kappa shape index (κ1) is 9.08. The van der Waals surface area contributed by atoms with Crippen LogP contribution >= 0.6 is 11.6 Å². The van der Waals surface area contributed by atoms with E-state index in [2.05, 4.69) is 15.1 Å². The molecule has 14 heavy (non-hydrogen) atoms. The Hall–Kier alpha value is -1.49. The van der Waals surface area contributed by atoms with Gasteiger partial charge in [-0.3, -0.25) is 0 Å². The van der Waals surface area contributed by atoms with Gasteiger partial charge in [-0.15, -0.1) is 11.6 Å². The van der Waals surface area contributed by atoms with Crippen molar-refractivity contribution in [2.45, 2.75) is 5.88 Å². The molecule has 0 saturated carbocycles. The summed E-state index contributed by atoms with van der Waals surface area (Å²) in [5.41, 5.74) is 0.177. The van der Waals surface area contributed by atoms with Crippen molar-refractivity contribution in [2.75, 3.05) is 0 Å². The smallest absolute Gasteiger partial charge is 0.262 e. The molecular formula is C8H5ClFN3O. The van der Waals surface area contributed by atoms with Gasteiger partial charge in [-0.1, -0.05) is 5.16 Å². The van der Waals surface area contributed by atoms with Crippen molar-refractivity contribution in [3.05, 3.63) is 30.1 Å². The van der Waals surface area contributed by atoms with E-state index in [9.17, 15) is 4.39 Å². The van der Waals surface area contributed by atoms with Crippen LogP contribution < -0.4 is 0 Å². The summed E-state index contributed by atoms with van der Waals surface area (Å²) in [5, 5.41) is 3.54. The average molecular weight is 214 g/mol. The summed E-state index contributed by atoms with van der Waals surface area (Å²) >= 11 is 5.47. The van der Waals surface area contributed by atoms with Crippen molar-refractivity contribution in [3.63, 3.8) is 0 Å². The highest BCUT2D eigenvalue weighted by atomic mass is 35.5. The highest BCUT2D eigenvalue weighted by Gasteiger charge is 2.12. The van der Waals surface area contributed by atoms with Gasteiger partial charge in [-0.25, -0.2) is 4.98 Å². The first-order chi connectivity index (χ1) is 6.81. The van der Waals surface area contributed by atoms with Crippen LogP contribution in [0.4, 0.5) is 4.39 Å². The van der Waals surface area contributed by atoms with Gasteiger partial charge in [-0.2, -0.15) is 9.37 Å². The Labute approximate surface area is 83.7 Å². The van der Waals surface area contributed by atoms with E-state index in [-0.39, 0.29) is 17.3 Å². The maximum atomic E-state index is 13.1. The van der Waals surface area contributed by atoms with E-state index in [1.165, 1.54) is 12.3 Å². The van der Waals surface area contributed by atoms with E-state index in [4.69, 9.17) is 16.1 Å². The fourth-order valence-corrected chi connectivity index (χ4v) is 1.07. The zero-order chi connectivity index (χ0) is 9.97. The number of hydrogen-bond donors (Lipinski definition) is 0. The molecule has 2 rings (SSSR count). The van der Waals surface area contributed by atoms with E-state index >= 15 is 0 Å². The summed E-state index contributed by atoms with van der Waals surface area (Å²) in [6.45, 7) is 0. The van der Waals surface area contributed by atoms with Crippen LogP contribution in [-0.4, -0.2) is 15.1 Å². The summed E-state index contributed by atoms with van der Waals surface area (Å²) in [4.78, 5) is 7.33. The monoisotopic (exact) mass is 213 g/mol. The third-order valence-electron chi connectivity index (χ3n) is 1.58. The molecule has 0 aromatic carbocycles. The van der Waals surface area contributed by atoms with Crippen LogP contribution in [0.3, 0.4) is 0 Å². The minimum atomic E-state index is -0.641. The molecule has 0 unspecified atom stereocenters. The third-order valence-corrected chi connectivity index (χ3v) is 1.82. The lowest BCUT2D eigenvalue weighted by atomic mass is 10.3. The summed E-state index contributed by atoms with van der Waals surface area (Å²) < 4.78 is 17.9. The first-order valence-electron chi connectivity index (χ1n) is 3.80. The van der Waals surface area contributed by atoms with Gasteiger partial charge in [0.1, 0.15) is 0 Å². The number of halogens is 2. The average Bonchev–Trinajstić information content (AvgIpc) is 2.67. The quantitative estimate of drug-likeness (QED) is 0.566. The van der Waals surface area contributed by atoms with E-state index in [1.54, 1.807) is 6.07 Å². The highest BCUT2D eigenvalue weighted by Crippen LogP contribution is 2.18. The molecule has 6 heteroatoms. The summed E-state index contributed by atoms with van der Waals surface area (Å²) in [5.74, 6) is -0.0980. The zero-order valence-corrected chi connectivity index (χ0v) is 7.70. The molecule has 0 saturated heterocycles. The van der Waals surface area contributed by atoms with Crippen molar-refractivity contribution in [1.29, 1.82) is 0 Å². The third kappa shape index (κ3) is 1.58. The second-order valence-electron chi connectivity index (χ2n) is 2.49. The topological polar surface area (TPSA) is 51.8 Å². The van der Waals surface area contributed by atoms with Crippen LogP contribution in [-0.2, 0) is 5.88 Å². The molecule has 0 aliphatic carbocycles. The van der Waals surface area contributed by atoms with E-state index < -0.39 is 5.95 Å². The minimum Gasteiger partial charge on any atom is -0.334 e. The predicted octanol–water partition coefficient (Wildman–Crippen LogP) is 2.01. The molecule has 0 aliphatic rings. The molecule has 2 aromatic heterocycles. The molecule has 0 fully saturated rings.